The minimum atomic E-state index is -5.17. The van der Waals surface area contributed by atoms with Crippen molar-refractivity contribution in [3.63, 3.8) is 0 Å². The van der Waals surface area contributed by atoms with E-state index < -0.39 is 10.4 Å². The van der Waals surface area contributed by atoms with E-state index in [4.69, 9.17) is 32.8 Å². The summed E-state index contributed by atoms with van der Waals surface area (Å²) in [7, 11) is -5.17. The average Bonchev–Trinajstić information content (AvgIpc) is 2.02. The smallest absolute Gasteiger partial charge is 0.0558 e. The standard InChI is InChI=1S/C6H15NO3.H2O4S/c8-4-1-7(2-5-9)3-6-10;1-5(2,3)4/h8-10H,1-6H2;(H2,1,2,3,4)/p-2. The molecular weight excluding hydrogens is 230 g/mol. The van der Waals surface area contributed by atoms with Crippen LogP contribution in [0.15, 0.2) is 0 Å². The molecule has 9 heteroatoms. The third kappa shape index (κ3) is 24.8. The lowest BCUT2D eigenvalue weighted by atomic mass is 10.4. The maximum atomic E-state index is 8.52. The van der Waals surface area contributed by atoms with E-state index in [1.54, 1.807) is 4.90 Å². The van der Waals surface area contributed by atoms with Crippen molar-refractivity contribution in [2.75, 3.05) is 39.5 Å². The van der Waals surface area contributed by atoms with Crippen LogP contribution in [-0.4, -0.2) is 77.2 Å². The van der Waals surface area contributed by atoms with Gasteiger partial charge < -0.3 is 24.4 Å². The molecule has 0 unspecified atom stereocenters. The maximum absolute atomic E-state index is 8.52. The fourth-order valence-electron chi connectivity index (χ4n) is 0.760. The van der Waals surface area contributed by atoms with Gasteiger partial charge in [0.2, 0.25) is 0 Å². The number of aliphatic hydroxyl groups excluding tert-OH is 3. The van der Waals surface area contributed by atoms with Gasteiger partial charge in [0.15, 0.2) is 0 Å². The zero-order valence-corrected chi connectivity index (χ0v) is 8.89. The van der Waals surface area contributed by atoms with Gasteiger partial charge in [-0.2, -0.15) is 0 Å². The van der Waals surface area contributed by atoms with Crippen molar-refractivity contribution in [2.45, 2.75) is 0 Å². The Morgan fingerprint density at radius 2 is 1.07 bits per heavy atom. The third-order valence-electron chi connectivity index (χ3n) is 1.25. The van der Waals surface area contributed by atoms with Crippen molar-refractivity contribution in [1.29, 1.82) is 0 Å². The Bertz CT molecular complexity index is 195. The summed E-state index contributed by atoms with van der Waals surface area (Å²) < 4.78 is 34.1. The molecule has 0 spiro atoms. The summed E-state index contributed by atoms with van der Waals surface area (Å²) in [6.45, 7) is 1.75. The van der Waals surface area contributed by atoms with Crippen LogP contribution in [0.5, 0.6) is 0 Å². The summed E-state index contributed by atoms with van der Waals surface area (Å²) in [5.41, 5.74) is 0. The van der Waals surface area contributed by atoms with Crippen molar-refractivity contribution in [1.82, 2.24) is 4.90 Å². The summed E-state index contributed by atoms with van der Waals surface area (Å²) in [4.78, 5) is 1.79. The highest BCUT2D eigenvalue weighted by molar-refractivity contribution is 7.79. The van der Waals surface area contributed by atoms with Gasteiger partial charge in [-0.15, -0.1) is 0 Å². The lowest BCUT2D eigenvalue weighted by Gasteiger charge is -2.17. The molecule has 0 aliphatic rings. The number of hydrogen-bond donors (Lipinski definition) is 3. The van der Waals surface area contributed by atoms with E-state index >= 15 is 0 Å². The molecule has 0 amide bonds. The number of hydrogen-bond acceptors (Lipinski definition) is 8. The average molecular weight is 245 g/mol. The van der Waals surface area contributed by atoms with Gasteiger partial charge in [-0.1, -0.05) is 0 Å². The molecule has 0 rings (SSSR count). The summed E-state index contributed by atoms with van der Waals surface area (Å²) in [6, 6.07) is 0. The van der Waals surface area contributed by atoms with E-state index in [1.165, 1.54) is 0 Å². The first-order valence-corrected chi connectivity index (χ1v) is 5.40. The van der Waals surface area contributed by atoms with Gasteiger partial charge in [0.05, 0.1) is 19.8 Å². The fraction of sp³-hybridized carbons (Fsp3) is 1.00. The Morgan fingerprint density at radius 1 is 0.867 bits per heavy atom. The van der Waals surface area contributed by atoms with Crippen LogP contribution in [0.2, 0.25) is 0 Å². The number of aliphatic hydroxyl groups is 3. The topological polar surface area (TPSA) is 144 Å². The lowest BCUT2D eigenvalue weighted by Crippen LogP contribution is -2.32. The maximum Gasteiger partial charge on any atom is 0.0558 e. The van der Waals surface area contributed by atoms with Gasteiger partial charge >= 0.3 is 0 Å². The molecule has 0 saturated heterocycles. The van der Waals surface area contributed by atoms with Crippen LogP contribution in [0.4, 0.5) is 0 Å². The molecule has 0 aliphatic carbocycles. The number of nitrogens with zero attached hydrogens (tertiary/aromatic N) is 1. The second-order valence-corrected chi connectivity index (χ2v) is 3.24. The molecule has 0 aromatic carbocycles. The molecule has 0 aromatic heterocycles. The van der Waals surface area contributed by atoms with E-state index in [0.717, 1.165) is 0 Å². The van der Waals surface area contributed by atoms with E-state index in [-0.39, 0.29) is 19.8 Å². The lowest BCUT2D eigenvalue weighted by molar-refractivity contribution is 0.136. The monoisotopic (exact) mass is 245 g/mol. The van der Waals surface area contributed by atoms with Crippen molar-refractivity contribution < 1.29 is 32.8 Å². The first kappa shape index (κ1) is 17.1. The van der Waals surface area contributed by atoms with E-state index in [9.17, 15) is 0 Å². The Balaban J connectivity index is 0. The van der Waals surface area contributed by atoms with Crippen molar-refractivity contribution in [2.24, 2.45) is 0 Å². The van der Waals surface area contributed by atoms with Crippen LogP contribution in [0.3, 0.4) is 0 Å². The fourth-order valence-corrected chi connectivity index (χ4v) is 0.760. The van der Waals surface area contributed by atoms with Crippen LogP contribution in [0.1, 0.15) is 0 Å². The molecule has 0 radical (unpaired) electrons. The number of rotatable bonds is 6. The molecule has 8 nitrogen and oxygen atoms in total. The molecule has 0 saturated carbocycles. The van der Waals surface area contributed by atoms with Gasteiger partial charge in [-0.25, -0.2) is 0 Å². The molecule has 94 valence electrons. The third-order valence-corrected chi connectivity index (χ3v) is 1.25. The zero-order chi connectivity index (χ0) is 12.3. The first-order valence-electron chi connectivity index (χ1n) is 4.06. The Labute approximate surface area is 88.3 Å². The zero-order valence-electron chi connectivity index (χ0n) is 8.07. The van der Waals surface area contributed by atoms with E-state index in [0.29, 0.717) is 19.6 Å². The minimum Gasteiger partial charge on any atom is -0.759 e. The Hall–Kier alpha value is -0.290. The highest BCUT2D eigenvalue weighted by Gasteiger charge is 2.00. The normalized spacial score (nSPS) is 11.1. The van der Waals surface area contributed by atoms with Gasteiger partial charge in [0.1, 0.15) is 0 Å². The molecule has 0 aliphatic heterocycles. The van der Waals surface area contributed by atoms with E-state index in [1.807, 2.05) is 0 Å². The second kappa shape index (κ2) is 10.2. The van der Waals surface area contributed by atoms with Crippen LogP contribution in [0.25, 0.3) is 0 Å². The second-order valence-electron chi connectivity index (χ2n) is 2.42. The quantitative estimate of drug-likeness (QED) is 0.330. The van der Waals surface area contributed by atoms with Gasteiger partial charge in [0.25, 0.3) is 0 Å². The molecule has 0 fully saturated rings. The predicted molar refractivity (Wildman–Crippen MR) is 48.2 cm³/mol. The Morgan fingerprint density at radius 3 is 1.20 bits per heavy atom. The van der Waals surface area contributed by atoms with Crippen molar-refractivity contribution >= 4 is 10.4 Å². The first-order chi connectivity index (χ1) is 6.85. The molecule has 0 atom stereocenters. The molecule has 0 heterocycles. The molecular formula is C6H15NO7S-2. The van der Waals surface area contributed by atoms with Gasteiger partial charge in [0, 0.05) is 30.0 Å². The van der Waals surface area contributed by atoms with Gasteiger partial charge in [-0.3, -0.25) is 13.3 Å². The molecule has 0 bridgehead atoms. The van der Waals surface area contributed by atoms with E-state index in [2.05, 4.69) is 0 Å². The predicted octanol–water partition coefficient (Wildman–Crippen LogP) is -3.07. The van der Waals surface area contributed by atoms with Crippen LogP contribution in [0, 0.1) is 0 Å². The summed E-state index contributed by atoms with van der Waals surface area (Å²) in [5, 5.41) is 25.5. The summed E-state index contributed by atoms with van der Waals surface area (Å²) in [6.07, 6.45) is 0. The highest BCUT2D eigenvalue weighted by Crippen LogP contribution is 1.84. The largest absolute Gasteiger partial charge is 0.759 e. The van der Waals surface area contributed by atoms with Crippen LogP contribution >= 0.6 is 0 Å². The van der Waals surface area contributed by atoms with Crippen LogP contribution < -0.4 is 0 Å². The molecule has 0 aromatic rings. The van der Waals surface area contributed by atoms with Crippen LogP contribution in [-0.2, 0) is 10.4 Å². The Kier molecular flexibility index (Phi) is 11.7. The van der Waals surface area contributed by atoms with Crippen molar-refractivity contribution in [3.05, 3.63) is 0 Å². The molecule has 15 heavy (non-hydrogen) atoms. The highest BCUT2D eigenvalue weighted by atomic mass is 32.3. The minimum absolute atomic E-state index is 0.0694. The van der Waals surface area contributed by atoms with Gasteiger partial charge in [-0.05, 0) is 0 Å². The SMILES string of the molecule is O=S(=O)([O-])[O-].OCCN(CCO)CCO. The van der Waals surface area contributed by atoms with Crippen molar-refractivity contribution in [3.8, 4) is 0 Å². The molecule has 3 N–H and O–H groups in total. The summed E-state index contributed by atoms with van der Waals surface area (Å²) in [5.74, 6) is 0. The summed E-state index contributed by atoms with van der Waals surface area (Å²) >= 11 is 0.